The Hall–Kier alpha value is -1.97. The maximum atomic E-state index is 11.4. The van der Waals surface area contributed by atoms with Crippen LogP contribution in [0.3, 0.4) is 0 Å². The average Bonchev–Trinajstić information content (AvgIpc) is 2.50. The van der Waals surface area contributed by atoms with Crippen LogP contribution in [0.5, 0.6) is 11.5 Å². The minimum absolute atomic E-state index is 0.101. The van der Waals surface area contributed by atoms with E-state index in [4.69, 9.17) is 9.47 Å². The van der Waals surface area contributed by atoms with Crippen LogP contribution in [-0.2, 0) is 4.79 Å². The SMILES string of the molecule is CCCCCOc1ccc(/C=C/C(=O)NCC)cc1OC. The lowest BCUT2D eigenvalue weighted by Gasteiger charge is -2.11. The second-order valence-electron chi connectivity index (χ2n) is 4.69. The molecule has 0 fully saturated rings. The fourth-order valence-electron chi connectivity index (χ4n) is 1.85. The third kappa shape index (κ3) is 6.34. The van der Waals surface area contributed by atoms with E-state index >= 15 is 0 Å². The number of ether oxygens (including phenoxy) is 2. The number of carbonyl (C=O) groups excluding carboxylic acids is 1. The summed E-state index contributed by atoms with van der Waals surface area (Å²) in [6.45, 7) is 5.37. The van der Waals surface area contributed by atoms with Crippen LogP contribution >= 0.6 is 0 Å². The highest BCUT2D eigenvalue weighted by atomic mass is 16.5. The van der Waals surface area contributed by atoms with Crippen LogP contribution in [0.1, 0.15) is 38.7 Å². The molecule has 0 aliphatic rings. The molecule has 0 saturated carbocycles. The molecule has 1 N–H and O–H groups in total. The van der Waals surface area contributed by atoms with Gasteiger partial charge in [-0.15, -0.1) is 0 Å². The minimum atomic E-state index is -0.101. The highest BCUT2D eigenvalue weighted by Crippen LogP contribution is 2.28. The van der Waals surface area contributed by atoms with Gasteiger partial charge in [0.25, 0.3) is 0 Å². The Labute approximate surface area is 127 Å². The summed E-state index contributed by atoms with van der Waals surface area (Å²) in [6, 6.07) is 5.65. The zero-order valence-electron chi connectivity index (χ0n) is 13.1. The van der Waals surface area contributed by atoms with E-state index < -0.39 is 0 Å². The second kappa shape index (κ2) is 9.86. The van der Waals surface area contributed by atoms with Gasteiger partial charge in [-0.05, 0) is 37.1 Å². The summed E-state index contributed by atoms with van der Waals surface area (Å²) in [4.78, 5) is 11.4. The zero-order valence-corrected chi connectivity index (χ0v) is 13.1. The molecular weight excluding hydrogens is 266 g/mol. The topological polar surface area (TPSA) is 47.6 Å². The van der Waals surface area contributed by atoms with Crippen molar-refractivity contribution in [3.05, 3.63) is 29.8 Å². The molecule has 0 aliphatic heterocycles. The summed E-state index contributed by atoms with van der Waals surface area (Å²) in [6.07, 6.45) is 6.65. The second-order valence-corrected chi connectivity index (χ2v) is 4.69. The van der Waals surface area contributed by atoms with Crippen molar-refractivity contribution in [1.29, 1.82) is 0 Å². The first kappa shape index (κ1) is 17.1. The lowest BCUT2D eigenvalue weighted by atomic mass is 10.2. The number of hydrogen-bond donors (Lipinski definition) is 1. The molecule has 0 heterocycles. The molecule has 4 nitrogen and oxygen atoms in total. The van der Waals surface area contributed by atoms with E-state index in [1.54, 1.807) is 13.2 Å². The Morgan fingerprint density at radius 1 is 1.24 bits per heavy atom. The summed E-state index contributed by atoms with van der Waals surface area (Å²) in [5, 5.41) is 2.71. The molecule has 0 radical (unpaired) electrons. The Balaban J connectivity index is 2.67. The molecule has 0 aromatic heterocycles. The van der Waals surface area contributed by atoms with Crippen molar-refractivity contribution in [3.8, 4) is 11.5 Å². The number of carbonyl (C=O) groups is 1. The summed E-state index contributed by atoms with van der Waals surface area (Å²) in [5.41, 5.74) is 0.902. The van der Waals surface area contributed by atoms with Gasteiger partial charge in [0.15, 0.2) is 11.5 Å². The van der Waals surface area contributed by atoms with Gasteiger partial charge >= 0.3 is 0 Å². The van der Waals surface area contributed by atoms with Crippen molar-refractivity contribution in [2.24, 2.45) is 0 Å². The van der Waals surface area contributed by atoms with Crippen molar-refractivity contribution in [1.82, 2.24) is 5.32 Å². The molecule has 1 aromatic carbocycles. The van der Waals surface area contributed by atoms with E-state index in [0.29, 0.717) is 18.9 Å². The number of unbranched alkanes of at least 4 members (excludes halogenated alkanes) is 2. The number of methoxy groups -OCH3 is 1. The lowest BCUT2D eigenvalue weighted by Crippen LogP contribution is -2.19. The van der Waals surface area contributed by atoms with Crippen LogP contribution in [0.4, 0.5) is 0 Å². The van der Waals surface area contributed by atoms with Gasteiger partial charge in [0, 0.05) is 12.6 Å². The highest BCUT2D eigenvalue weighted by molar-refractivity contribution is 5.91. The van der Waals surface area contributed by atoms with Gasteiger partial charge in [-0.3, -0.25) is 4.79 Å². The van der Waals surface area contributed by atoms with Crippen molar-refractivity contribution in [3.63, 3.8) is 0 Å². The molecule has 0 spiro atoms. The van der Waals surface area contributed by atoms with Crippen LogP contribution in [0, 0.1) is 0 Å². The summed E-state index contributed by atoms with van der Waals surface area (Å²) >= 11 is 0. The predicted molar refractivity (Wildman–Crippen MR) is 85.7 cm³/mol. The third-order valence-corrected chi connectivity index (χ3v) is 2.97. The first-order chi connectivity index (χ1) is 10.2. The Morgan fingerprint density at radius 2 is 2.05 bits per heavy atom. The van der Waals surface area contributed by atoms with Gasteiger partial charge in [-0.25, -0.2) is 0 Å². The molecule has 1 amide bonds. The molecule has 21 heavy (non-hydrogen) atoms. The highest BCUT2D eigenvalue weighted by Gasteiger charge is 2.04. The Morgan fingerprint density at radius 3 is 2.71 bits per heavy atom. The van der Waals surface area contributed by atoms with Crippen LogP contribution in [0.25, 0.3) is 6.08 Å². The van der Waals surface area contributed by atoms with Crippen LogP contribution in [0.2, 0.25) is 0 Å². The summed E-state index contributed by atoms with van der Waals surface area (Å²) in [7, 11) is 1.62. The number of hydrogen-bond acceptors (Lipinski definition) is 3. The van der Waals surface area contributed by atoms with Crippen LogP contribution in [-0.4, -0.2) is 26.2 Å². The van der Waals surface area contributed by atoms with E-state index in [9.17, 15) is 4.79 Å². The van der Waals surface area contributed by atoms with Crippen LogP contribution in [0.15, 0.2) is 24.3 Å². The molecule has 116 valence electrons. The largest absolute Gasteiger partial charge is 0.493 e. The molecule has 1 rings (SSSR count). The van der Waals surface area contributed by atoms with E-state index in [1.807, 2.05) is 25.1 Å². The lowest BCUT2D eigenvalue weighted by molar-refractivity contribution is -0.116. The fourth-order valence-corrected chi connectivity index (χ4v) is 1.85. The monoisotopic (exact) mass is 291 g/mol. The summed E-state index contributed by atoms with van der Waals surface area (Å²) in [5.74, 6) is 1.32. The first-order valence-corrected chi connectivity index (χ1v) is 7.48. The maximum Gasteiger partial charge on any atom is 0.243 e. The molecule has 0 unspecified atom stereocenters. The van der Waals surface area contributed by atoms with Crippen molar-refractivity contribution < 1.29 is 14.3 Å². The minimum Gasteiger partial charge on any atom is -0.493 e. The average molecular weight is 291 g/mol. The van der Waals surface area contributed by atoms with Crippen molar-refractivity contribution in [2.45, 2.75) is 33.1 Å². The number of nitrogens with one attached hydrogen (secondary N) is 1. The van der Waals surface area contributed by atoms with Gasteiger partial charge < -0.3 is 14.8 Å². The smallest absolute Gasteiger partial charge is 0.243 e. The first-order valence-electron chi connectivity index (χ1n) is 7.48. The van der Waals surface area contributed by atoms with E-state index in [-0.39, 0.29) is 5.91 Å². The molecule has 0 aliphatic carbocycles. The number of benzene rings is 1. The van der Waals surface area contributed by atoms with Gasteiger partial charge in [-0.1, -0.05) is 25.8 Å². The molecule has 4 heteroatoms. The Bertz CT molecular complexity index is 469. The van der Waals surface area contributed by atoms with E-state index in [1.165, 1.54) is 12.5 Å². The quantitative estimate of drug-likeness (QED) is 0.560. The molecule has 0 bridgehead atoms. The summed E-state index contributed by atoms with van der Waals surface area (Å²) < 4.78 is 11.1. The number of rotatable bonds is 9. The van der Waals surface area contributed by atoms with Gasteiger partial charge in [-0.2, -0.15) is 0 Å². The maximum absolute atomic E-state index is 11.4. The predicted octanol–water partition coefficient (Wildman–Crippen LogP) is 3.41. The standard InChI is InChI=1S/C17H25NO3/c1-4-6-7-12-21-15-10-8-14(13-16(15)20-3)9-11-17(19)18-5-2/h8-11,13H,4-7,12H2,1-3H3,(H,18,19)/b11-9+. The fraction of sp³-hybridized carbons (Fsp3) is 0.471. The molecular formula is C17H25NO3. The van der Waals surface area contributed by atoms with Crippen LogP contribution < -0.4 is 14.8 Å². The molecule has 1 aromatic rings. The van der Waals surface area contributed by atoms with Crippen molar-refractivity contribution in [2.75, 3.05) is 20.3 Å². The zero-order chi connectivity index (χ0) is 15.5. The third-order valence-electron chi connectivity index (χ3n) is 2.97. The normalized spacial score (nSPS) is 10.6. The Kier molecular flexibility index (Phi) is 8.02. The van der Waals surface area contributed by atoms with Crippen molar-refractivity contribution >= 4 is 12.0 Å². The van der Waals surface area contributed by atoms with E-state index in [2.05, 4.69) is 12.2 Å². The van der Waals surface area contributed by atoms with Gasteiger partial charge in [0.1, 0.15) is 0 Å². The van der Waals surface area contributed by atoms with E-state index in [0.717, 1.165) is 24.2 Å². The van der Waals surface area contributed by atoms with Gasteiger partial charge in [0.2, 0.25) is 5.91 Å². The molecule has 0 atom stereocenters. The number of amides is 1. The number of likely N-dealkylation sites (N-methyl/N-ethyl adjacent to an activating group) is 1. The molecule has 0 saturated heterocycles. The van der Waals surface area contributed by atoms with Gasteiger partial charge in [0.05, 0.1) is 13.7 Å².